The van der Waals surface area contributed by atoms with Gasteiger partial charge in [-0.25, -0.2) is 9.50 Å². The summed E-state index contributed by atoms with van der Waals surface area (Å²) in [6, 6.07) is 5.80. The summed E-state index contributed by atoms with van der Waals surface area (Å²) in [6.45, 7) is 0.124. The van der Waals surface area contributed by atoms with Crippen molar-refractivity contribution in [3.8, 4) is 11.1 Å². The van der Waals surface area contributed by atoms with Gasteiger partial charge >= 0.3 is 0 Å². The van der Waals surface area contributed by atoms with Crippen LogP contribution in [0.2, 0.25) is 0 Å². The first-order valence-corrected chi connectivity index (χ1v) is 8.16. The normalized spacial score (nSPS) is 11.1. The average molecular weight is 386 g/mol. The van der Waals surface area contributed by atoms with Crippen molar-refractivity contribution in [2.45, 2.75) is 6.29 Å². The number of benzene rings is 1. The Hall–Kier alpha value is -3.57. The molecule has 11 heteroatoms. The van der Waals surface area contributed by atoms with E-state index in [2.05, 4.69) is 15.4 Å². The van der Waals surface area contributed by atoms with Gasteiger partial charge in [-0.15, -0.1) is 0 Å². The van der Waals surface area contributed by atoms with Gasteiger partial charge in [0, 0.05) is 38.1 Å². The minimum Gasteiger partial charge on any atom is -0.382 e. The molecule has 0 atom stereocenters. The van der Waals surface area contributed by atoms with Crippen LogP contribution in [0.3, 0.4) is 0 Å². The highest BCUT2D eigenvalue weighted by Gasteiger charge is 2.22. The number of methoxy groups -OCH3 is 2. The first-order chi connectivity index (χ1) is 13.5. The van der Waals surface area contributed by atoms with E-state index in [1.165, 1.54) is 43.4 Å². The minimum atomic E-state index is -0.603. The lowest BCUT2D eigenvalue weighted by atomic mass is 10.0. The first kappa shape index (κ1) is 19.2. The second-order valence-electron chi connectivity index (χ2n) is 5.77. The Bertz CT molecular complexity index is 1010. The number of nitrogens with zero attached hydrogens (tertiary/aromatic N) is 4. The van der Waals surface area contributed by atoms with Crippen LogP contribution in [-0.4, -0.2) is 52.5 Å². The van der Waals surface area contributed by atoms with Crippen molar-refractivity contribution in [2.75, 3.05) is 26.5 Å². The third-order valence-electron chi connectivity index (χ3n) is 4.17. The van der Waals surface area contributed by atoms with E-state index < -0.39 is 17.1 Å². The quantitative estimate of drug-likeness (QED) is 0.350. The molecular weight excluding hydrogens is 368 g/mol. The Balaban J connectivity index is 2.07. The number of rotatable bonds is 7. The Morgan fingerprint density at radius 1 is 1.32 bits per heavy atom. The number of nitro benzene ring substituents is 1. The van der Waals surface area contributed by atoms with Gasteiger partial charge in [-0.3, -0.25) is 14.9 Å². The number of non-ortho nitro benzene ring substituents is 1. The number of ether oxygens (including phenoxy) is 2. The highest BCUT2D eigenvalue weighted by atomic mass is 16.7. The summed E-state index contributed by atoms with van der Waals surface area (Å²) in [6.07, 6.45) is 2.19. The largest absolute Gasteiger partial charge is 0.382 e. The maximum absolute atomic E-state index is 12.8. The molecule has 146 valence electrons. The van der Waals surface area contributed by atoms with Crippen molar-refractivity contribution in [3.05, 3.63) is 52.5 Å². The van der Waals surface area contributed by atoms with Gasteiger partial charge in [0.15, 0.2) is 12.1 Å². The summed E-state index contributed by atoms with van der Waals surface area (Å²) in [5.41, 5.74) is 7.68. The number of nitro groups is 1. The zero-order valence-corrected chi connectivity index (χ0v) is 15.2. The number of aromatic nitrogens is 3. The van der Waals surface area contributed by atoms with Crippen LogP contribution in [0.15, 0.2) is 36.8 Å². The molecule has 3 aromatic rings. The van der Waals surface area contributed by atoms with E-state index in [9.17, 15) is 14.9 Å². The zero-order chi connectivity index (χ0) is 20.3. The summed E-state index contributed by atoms with van der Waals surface area (Å²) in [5.74, 6) is -0.230. The molecule has 0 saturated carbocycles. The fraction of sp³-hybridized carbons (Fsp3) is 0.235. The van der Waals surface area contributed by atoms with Crippen molar-refractivity contribution >= 4 is 22.9 Å². The van der Waals surface area contributed by atoms with E-state index in [4.69, 9.17) is 15.2 Å². The molecule has 0 aliphatic carbocycles. The number of amides is 1. The molecular formula is C17H18N6O5. The van der Waals surface area contributed by atoms with Gasteiger partial charge in [-0.1, -0.05) is 0 Å². The van der Waals surface area contributed by atoms with Crippen LogP contribution in [0.4, 0.5) is 11.5 Å². The second kappa shape index (κ2) is 7.98. The molecule has 0 spiro atoms. The maximum Gasteiger partial charge on any atom is 0.269 e. The average Bonchev–Trinajstić information content (AvgIpc) is 3.09. The number of anilines is 1. The molecule has 0 radical (unpaired) electrons. The predicted octanol–water partition coefficient (Wildman–Crippen LogP) is 1.24. The molecule has 3 rings (SSSR count). The second-order valence-corrected chi connectivity index (χ2v) is 5.77. The summed E-state index contributed by atoms with van der Waals surface area (Å²) in [5, 5.41) is 17.7. The van der Waals surface area contributed by atoms with E-state index in [-0.39, 0.29) is 23.6 Å². The third-order valence-corrected chi connectivity index (χ3v) is 4.17. The Kier molecular flexibility index (Phi) is 5.47. The van der Waals surface area contributed by atoms with Gasteiger partial charge in [-0.2, -0.15) is 5.10 Å². The molecule has 3 N–H and O–H groups in total. The van der Waals surface area contributed by atoms with E-state index in [1.807, 2.05) is 0 Å². The lowest BCUT2D eigenvalue weighted by Gasteiger charge is -2.14. The van der Waals surface area contributed by atoms with Crippen LogP contribution in [-0.2, 0) is 9.47 Å². The molecule has 2 heterocycles. The lowest BCUT2D eigenvalue weighted by Crippen LogP contribution is -2.34. The minimum absolute atomic E-state index is 0.0643. The van der Waals surface area contributed by atoms with Crippen LogP contribution < -0.4 is 11.1 Å². The first-order valence-electron chi connectivity index (χ1n) is 8.16. The summed E-state index contributed by atoms with van der Waals surface area (Å²) in [4.78, 5) is 27.2. The Labute approximate surface area is 159 Å². The highest BCUT2D eigenvalue weighted by molar-refractivity contribution is 6.07. The number of carbonyl (C=O) groups is 1. The van der Waals surface area contributed by atoms with Gasteiger partial charge in [0.2, 0.25) is 0 Å². The molecule has 0 saturated heterocycles. The fourth-order valence-corrected chi connectivity index (χ4v) is 2.78. The Morgan fingerprint density at radius 2 is 2.00 bits per heavy atom. The van der Waals surface area contributed by atoms with Crippen molar-refractivity contribution in [1.29, 1.82) is 0 Å². The molecule has 0 aliphatic rings. The van der Waals surface area contributed by atoms with Crippen molar-refractivity contribution in [3.63, 3.8) is 0 Å². The number of nitrogen functional groups attached to an aromatic ring is 1. The SMILES string of the molecule is COC(CNC(=O)c1cn2ncnc(N)c2c1-c1ccc([N+](=O)[O-])cc1)OC. The predicted molar refractivity (Wildman–Crippen MR) is 99.6 cm³/mol. The third kappa shape index (κ3) is 3.61. The molecule has 1 aromatic carbocycles. The number of carbonyl (C=O) groups excluding carboxylic acids is 1. The number of hydrogen-bond acceptors (Lipinski definition) is 8. The van der Waals surface area contributed by atoms with Gasteiger partial charge in [0.25, 0.3) is 11.6 Å². The Morgan fingerprint density at radius 3 is 2.61 bits per heavy atom. The van der Waals surface area contributed by atoms with E-state index in [0.29, 0.717) is 16.6 Å². The summed E-state index contributed by atoms with van der Waals surface area (Å²) >= 11 is 0. The summed E-state index contributed by atoms with van der Waals surface area (Å²) in [7, 11) is 2.93. The topological polar surface area (TPSA) is 147 Å². The van der Waals surface area contributed by atoms with Crippen molar-refractivity contribution in [1.82, 2.24) is 19.9 Å². The lowest BCUT2D eigenvalue weighted by molar-refractivity contribution is -0.384. The van der Waals surface area contributed by atoms with Gasteiger partial charge < -0.3 is 20.5 Å². The number of hydrogen-bond donors (Lipinski definition) is 2. The molecule has 11 nitrogen and oxygen atoms in total. The van der Waals surface area contributed by atoms with Gasteiger partial charge in [0.05, 0.1) is 17.0 Å². The number of nitrogens with one attached hydrogen (secondary N) is 1. The van der Waals surface area contributed by atoms with Crippen molar-refractivity contribution < 1.29 is 19.2 Å². The molecule has 0 unspecified atom stereocenters. The molecule has 2 aromatic heterocycles. The molecule has 0 fully saturated rings. The van der Waals surface area contributed by atoms with Crippen LogP contribution in [0.25, 0.3) is 16.6 Å². The number of fused-ring (bicyclic) bond motifs is 1. The van der Waals surface area contributed by atoms with E-state index >= 15 is 0 Å². The van der Waals surface area contributed by atoms with Crippen molar-refractivity contribution in [2.24, 2.45) is 0 Å². The fourth-order valence-electron chi connectivity index (χ4n) is 2.78. The monoisotopic (exact) mass is 386 g/mol. The van der Waals surface area contributed by atoms with Crippen LogP contribution in [0.5, 0.6) is 0 Å². The molecule has 0 bridgehead atoms. The molecule has 0 aliphatic heterocycles. The molecule has 28 heavy (non-hydrogen) atoms. The zero-order valence-electron chi connectivity index (χ0n) is 15.2. The number of nitrogens with two attached hydrogens (primary N) is 1. The van der Waals surface area contributed by atoms with Gasteiger partial charge in [-0.05, 0) is 17.7 Å². The smallest absolute Gasteiger partial charge is 0.269 e. The van der Waals surface area contributed by atoms with Crippen LogP contribution >= 0.6 is 0 Å². The van der Waals surface area contributed by atoms with Gasteiger partial charge in [0.1, 0.15) is 11.8 Å². The van der Waals surface area contributed by atoms with Crippen LogP contribution in [0, 0.1) is 10.1 Å². The summed E-state index contributed by atoms with van der Waals surface area (Å²) < 4.78 is 11.6. The van der Waals surface area contributed by atoms with E-state index in [1.54, 1.807) is 12.1 Å². The van der Waals surface area contributed by atoms with E-state index in [0.717, 1.165) is 0 Å². The van der Waals surface area contributed by atoms with Crippen LogP contribution in [0.1, 0.15) is 10.4 Å². The maximum atomic E-state index is 12.8. The molecule has 1 amide bonds. The highest BCUT2D eigenvalue weighted by Crippen LogP contribution is 2.33. The standard InChI is InChI=1S/C17H18N6O5/c1-27-13(28-2)7-19-17(24)12-8-22-15(16(18)20-9-21-22)14(12)10-3-5-11(6-4-10)23(25)26/h3-6,8-9,13H,7H2,1-2H3,(H,19,24)(H2,18,20,21).